The summed E-state index contributed by atoms with van der Waals surface area (Å²) >= 11 is 0. The van der Waals surface area contributed by atoms with Crippen molar-refractivity contribution >= 4 is 30.8 Å². The average molecular weight is 611 g/mol. The van der Waals surface area contributed by atoms with E-state index in [2.05, 4.69) is 30.6 Å². The zero-order valence-corrected chi connectivity index (χ0v) is 24.8. The van der Waals surface area contributed by atoms with Gasteiger partial charge in [0, 0.05) is 49.3 Å². The summed E-state index contributed by atoms with van der Waals surface area (Å²) in [5.41, 5.74) is 0.233. The lowest BCUT2D eigenvalue weighted by Gasteiger charge is -2.25. The van der Waals surface area contributed by atoms with Gasteiger partial charge in [0.05, 0.1) is 43.6 Å². The summed E-state index contributed by atoms with van der Waals surface area (Å²) < 4.78 is 54.8. The average Bonchev–Trinajstić information content (AvgIpc) is 3.60. The van der Waals surface area contributed by atoms with Crippen molar-refractivity contribution in [2.75, 3.05) is 52.0 Å². The van der Waals surface area contributed by atoms with Crippen molar-refractivity contribution in [3.05, 3.63) is 35.7 Å². The first kappa shape index (κ1) is 31.9. The van der Waals surface area contributed by atoms with Gasteiger partial charge in [0.2, 0.25) is 5.95 Å². The Balaban J connectivity index is 1.56. The quantitative estimate of drug-likeness (QED) is 0.152. The molecule has 42 heavy (non-hydrogen) atoms. The van der Waals surface area contributed by atoms with E-state index in [0.717, 1.165) is 6.42 Å². The van der Waals surface area contributed by atoms with Crippen LogP contribution in [0.1, 0.15) is 51.1 Å². The standard InChI is InChI=1S/C26H36FN6O8P/c1-5-28-25(34)33-24-31-18-13-17(21(27)20(22(18)32-24)19-7-6-8-39-19)16-14-29-23(30-15-16)26(2,3)41-42(35,36)40-12-11-38-10-9-37-4/h13-15,19H,5-12H2,1-4H3,(H,35,36)(H3,28,31,32,33,34). The Morgan fingerprint density at radius 2 is 2.00 bits per heavy atom. The molecule has 230 valence electrons. The van der Waals surface area contributed by atoms with Crippen LogP contribution in [-0.4, -0.2) is 77.5 Å². The number of urea groups is 1. The molecule has 2 amide bonds. The Morgan fingerprint density at radius 1 is 1.26 bits per heavy atom. The summed E-state index contributed by atoms with van der Waals surface area (Å²) in [4.78, 5) is 38.2. The fraction of sp³-hybridized carbons (Fsp3) is 0.538. The van der Waals surface area contributed by atoms with Crippen LogP contribution < -0.4 is 10.6 Å². The van der Waals surface area contributed by atoms with Crippen LogP contribution in [0.3, 0.4) is 0 Å². The molecule has 3 heterocycles. The number of halogens is 1. The van der Waals surface area contributed by atoms with Gasteiger partial charge < -0.3 is 29.4 Å². The number of H-pyrrole nitrogens is 1. The van der Waals surface area contributed by atoms with Crippen molar-refractivity contribution in [1.29, 1.82) is 0 Å². The van der Waals surface area contributed by atoms with Crippen molar-refractivity contribution in [2.45, 2.75) is 45.3 Å². The van der Waals surface area contributed by atoms with Gasteiger partial charge in [-0.1, -0.05) is 0 Å². The second-order valence-corrected chi connectivity index (χ2v) is 11.3. The molecule has 2 atom stereocenters. The molecule has 0 saturated carbocycles. The molecule has 1 aliphatic rings. The molecule has 1 saturated heterocycles. The number of aromatic nitrogens is 4. The monoisotopic (exact) mass is 610 g/mol. The predicted octanol–water partition coefficient (Wildman–Crippen LogP) is 4.18. The number of imidazole rings is 1. The fourth-order valence-electron chi connectivity index (χ4n) is 4.43. The number of nitrogens with zero attached hydrogens (tertiary/aromatic N) is 3. The first-order valence-corrected chi connectivity index (χ1v) is 15.0. The highest BCUT2D eigenvalue weighted by Crippen LogP contribution is 2.49. The minimum Gasteiger partial charge on any atom is -0.382 e. The van der Waals surface area contributed by atoms with E-state index in [-0.39, 0.29) is 30.5 Å². The molecule has 2 aromatic heterocycles. The van der Waals surface area contributed by atoms with Gasteiger partial charge in [0.15, 0.2) is 5.82 Å². The highest BCUT2D eigenvalue weighted by Gasteiger charge is 2.36. The number of phosphoric acid groups is 1. The van der Waals surface area contributed by atoms with Crippen LogP contribution in [0.25, 0.3) is 22.2 Å². The Labute approximate surface area is 242 Å². The van der Waals surface area contributed by atoms with Gasteiger partial charge in [0.1, 0.15) is 11.4 Å². The molecule has 14 nitrogen and oxygen atoms in total. The summed E-state index contributed by atoms with van der Waals surface area (Å²) in [6, 6.07) is 1.09. The van der Waals surface area contributed by atoms with E-state index in [1.54, 1.807) is 6.92 Å². The molecule has 1 fully saturated rings. The molecule has 1 aromatic carbocycles. The molecule has 0 radical (unpaired) electrons. The lowest BCUT2D eigenvalue weighted by atomic mass is 9.98. The number of rotatable bonds is 14. The number of carbonyl (C=O) groups excluding carboxylic acids is 1. The maximum Gasteiger partial charge on any atom is 0.473 e. The first-order chi connectivity index (χ1) is 20.0. The maximum atomic E-state index is 16.1. The third-order valence-corrected chi connectivity index (χ3v) is 7.53. The van der Waals surface area contributed by atoms with Crippen molar-refractivity contribution in [3.8, 4) is 11.1 Å². The van der Waals surface area contributed by atoms with E-state index in [1.165, 1.54) is 39.4 Å². The normalized spacial score (nSPS) is 17.0. The number of methoxy groups -OCH3 is 1. The SMILES string of the molecule is CCNC(=O)Nc1nc2cc(-c3cnc(C(C)(C)OP(=O)(O)OCCOCCOC)nc3)c(F)c(C3CCCO3)c2[nH]1. The van der Waals surface area contributed by atoms with E-state index in [1.807, 2.05) is 0 Å². The number of nitrogens with one attached hydrogen (secondary N) is 3. The Morgan fingerprint density at radius 3 is 2.67 bits per heavy atom. The van der Waals surface area contributed by atoms with Crippen LogP contribution in [0, 0.1) is 5.82 Å². The number of benzene rings is 1. The number of amides is 2. The second-order valence-electron chi connectivity index (χ2n) is 9.92. The zero-order valence-electron chi connectivity index (χ0n) is 23.9. The smallest absolute Gasteiger partial charge is 0.382 e. The number of fused-ring (bicyclic) bond motifs is 1. The molecule has 0 aliphatic carbocycles. The lowest BCUT2D eigenvalue weighted by Crippen LogP contribution is -2.28. The number of hydrogen-bond donors (Lipinski definition) is 4. The number of aromatic amines is 1. The molecule has 0 bridgehead atoms. The van der Waals surface area contributed by atoms with Gasteiger partial charge >= 0.3 is 13.9 Å². The van der Waals surface area contributed by atoms with E-state index in [9.17, 15) is 14.3 Å². The van der Waals surface area contributed by atoms with E-state index < -0.39 is 31.4 Å². The summed E-state index contributed by atoms with van der Waals surface area (Å²) in [6.45, 7) is 6.35. The van der Waals surface area contributed by atoms with E-state index in [0.29, 0.717) is 54.9 Å². The highest BCUT2D eigenvalue weighted by molar-refractivity contribution is 7.47. The summed E-state index contributed by atoms with van der Waals surface area (Å²) in [6.07, 6.45) is 3.69. The van der Waals surface area contributed by atoms with Crippen LogP contribution in [0.5, 0.6) is 0 Å². The van der Waals surface area contributed by atoms with Gasteiger partial charge in [-0.2, -0.15) is 0 Å². The topological polar surface area (TPSA) is 179 Å². The molecular weight excluding hydrogens is 574 g/mol. The fourth-order valence-corrected chi connectivity index (χ4v) is 5.45. The zero-order chi connectivity index (χ0) is 30.3. The third-order valence-electron chi connectivity index (χ3n) is 6.33. The molecule has 4 N–H and O–H groups in total. The minimum absolute atomic E-state index is 0.0756. The number of anilines is 1. The summed E-state index contributed by atoms with van der Waals surface area (Å²) in [5.74, 6) is -0.292. The van der Waals surface area contributed by atoms with Crippen molar-refractivity contribution in [3.63, 3.8) is 0 Å². The maximum absolute atomic E-state index is 16.1. The Kier molecular flexibility index (Phi) is 10.6. The molecule has 2 unspecified atom stereocenters. The van der Waals surface area contributed by atoms with Gasteiger partial charge in [-0.05, 0) is 39.7 Å². The van der Waals surface area contributed by atoms with Crippen molar-refractivity contribution in [2.24, 2.45) is 0 Å². The largest absolute Gasteiger partial charge is 0.473 e. The van der Waals surface area contributed by atoms with Gasteiger partial charge in [-0.25, -0.2) is 28.7 Å². The second kappa shape index (κ2) is 14.0. The van der Waals surface area contributed by atoms with Crippen LogP contribution in [0.4, 0.5) is 15.1 Å². The van der Waals surface area contributed by atoms with Crippen LogP contribution in [0.2, 0.25) is 0 Å². The van der Waals surface area contributed by atoms with Gasteiger partial charge in [0.25, 0.3) is 0 Å². The van der Waals surface area contributed by atoms with Crippen molar-refractivity contribution < 1.29 is 41.9 Å². The molecule has 0 spiro atoms. The van der Waals surface area contributed by atoms with Gasteiger partial charge in [-0.3, -0.25) is 14.4 Å². The summed E-state index contributed by atoms with van der Waals surface area (Å²) in [5, 5.41) is 5.23. The van der Waals surface area contributed by atoms with Crippen LogP contribution in [0.15, 0.2) is 18.5 Å². The van der Waals surface area contributed by atoms with Crippen LogP contribution in [-0.2, 0) is 33.4 Å². The van der Waals surface area contributed by atoms with Gasteiger partial charge in [-0.15, -0.1) is 0 Å². The highest BCUT2D eigenvalue weighted by atomic mass is 31.2. The number of phosphoric ester groups is 1. The van der Waals surface area contributed by atoms with Crippen LogP contribution >= 0.6 is 7.82 Å². The molecule has 4 rings (SSSR count). The Hall–Kier alpha value is -3.04. The number of hydrogen-bond acceptors (Lipinski definition) is 10. The van der Waals surface area contributed by atoms with E-state index >= 15 is 4.39 Å². The summed E-state index contributed by atoms with van der Waals surface area (Å²) in [7, 11) is -2.95. The molecule has 16 heteroatoms. The molecular formula is C26H36FN6O8P. The molecule has 1 aliphatic heterocycles. The van der Waals surface area contributed by atoms with Crippen molar-refractivity contribution in [1.82, 2.24) is 25.3 Å². The molecule has 3 aromatic rings. The first-order valence-electron chi connectivity index (χ1n) is 13.5. The third kappa shape index (κ3) is 7.86. The Bertz CT molecular complexity index is 1410. The van der Waals surface area contributed by atoms with E-state index in [4.69, 9.17) is 23.3 Å². The lowest BCUT2D eigenvalue weighted by molar-refractivity contribution is 0.0180. The minimum atomic E-state index is -4.48. The number of carbonyl (C=O) groups is 1. The number of ether oxygens (including phenoxy) is 3. The predicted molar refractivity (Wildman–Crippen MR) is 150 cm³/mol.